The van der Waals surface area contributed by atoms with Crippen molar-refractivity contribution in [2.75, 3.05) is 6.54 Å². The summed E-state index contributed by atoms with van der Waals surface area (Å²) in [5.41, 5.74) is 5.58. The van der Waals surface area contributed by atoms with E-state index in [1.54, 1.807) is 12.2 Å². The fraction of sp³-hybridized carbons (Fsp3) is 0.200. The van der Waals surface area contributed by atoms with Gasteiger partial charge in [-0.05, 0) is 25.1 Å². The van der Waals surface area contributed by atoms with Gasteiger partial charge in [-0.15, -0.1) is 0 Å². The molecule has 0 aromatic heterocycles. The molecule has 0 spiro atoms. The minimum atomic E-state index is -3.85. The zero-order valence-corrected chi connectivity index (χ0v) is 9.37. The number of benzene rings is 1. The van der Waals surface area contributed by atoms with Crippen LogP contribution in [-0.2, 0) is 10.0 Å². The molecule has 4 nitrogen and oxygen atoms in total. The predicted molar refractivity (Wildman–Crippen MR) is 60.5 cm³/mol. The Balaban J connectivity index is 3.01. The lowest BCUT2D eigenvalue weighted by molar-refractivity contribution is 0.592. The topological polar surface area (TPSA) is 86.2 Å². The Hall–Kier alpha value is -1.24. The molecule has 1 aromatic carbocycles. The van der Waals surface area contributed by atoms with Crippen molar-refractivity contribution in [3.05, 3.63) is 35.7 Å². The van der Waals surface area contributed by atoms with Crippen LogP contribution in [-0.4, -0.2) is 15.0 Å². The predicted octanol–water partition coefficient (Wildman–Crippen LogP) is 0.835. The van der Waals surface area contributed by atoms with E-state index in [0.717, 1.165) is 6.07 Å². The van der Waals surface area contributed by atoms with Crippen LogP contribution in [0.5, 0.6) is 0 Å². The molecular formula is C10H13FN2O2S. The number of rotatable bonds is 4. The standard InChI is InChI=1S/C10H13FN2O2S/c11-10-7-9(16(13,14)15)5-4-8(10)3-1-2-6-12/h1,3-5,7H,2,6,12H2,(H2,13,14,15). The Morgan fingerprint density at radius 2 is 2.06 bits per heavy atom. The Kier molecular flexibility index (Phi) is 4.17. The van der Waals surface area contributed by atoms with E-state index in [0.29, 0.717) is 18.5 Å². The molecular weight excluding hydrogens is 231 g/mol. The molecule has 16 heavy (non-hydrogen) atoms. The summed E-state index contributed by atoms with van der Waals surface area (Å²) in [5.74, 6) is -0.625. The lowest BCUT2D eigenvalue weighted by Crippen LogP contribution is -2.12. The number of primary sulfonamides is 1. The highest BCUT2D eigenvalue weighted by Gasteiger charge is 2.09. The monoisotopic (exact) mass is 244 g/mol. The maximum atomic E-state index is 13.4. The van der Waals surface area contributed by atoms with E-state index >= 15 is 0 Å². The van der Waals surface area contributed by atoms with Gasteiger partial charge in [-0.25, -0.2) is 17.9 Å². The second-order valence-corrected chi connectivity index (χ2v) is 4.77. The fourth-order valence-corrected chi connectivity index (χ4v) is 1.65. The third kappa shape index (κ3) is 3.41. The minimum Gasteiger partial charge on any atom is -0.330 e. The molecule has 0 saturated carbocycles. The molecule has 0 amide bonds. The molecule has 0 aliphatic heterocycles. The summed E-state index contributed by atoms with van der Waals surface area (Å²) >= 11 is 0. The molecule has 0 fully saturated rings. The molecule has 0 aliphatic rings. The molecule has 0 aliphatic carbocycles. The van der Waals surface area contributed by atoms with Crippen LogP contribution in [0, 0.1) is 5.82 Å². The van der Waals surface area contributed by atoms with Gasteiger partial charge in [-0.3, -0.25) is 0 Å². The highest BCUT2D eigenvalue weighted by molar-refractivity contribution is 7.89. The lowest BCUT2D eigenvalue weighted by Gasteiger charge is -2.00. The molecule has 4 N–H and O–H groups in total. The highest BCUT2D eigenvalue weighted by atomic mass is 32.2. The quantitative estimate of drug-likeness (QED) is 0.822. The Bertz CT molecular complexity index is 498. The third-order valence-corrected chi connectivity index (χ3v) is 2.84. The van der Waals surface area contributed by atoms with Crippen molar-refractivity contribution >= 4 is 16.1 Å². The van der Waals surface area contributed by atoms with Crippen molar-refractivity contribution in [1.29, 1.82) is 0 Å². The van der Waals surface area contributed by atoms with E-state index < -0.39 is 15.8 Å². The molecule has 88 valence electrons. The van der Waals surface area contributed by atoms with Crippen molar-refractivity contribution in [1.82, 2.24) is 0 Å². The molecule has 1 rings (SSSR count). The fourth-order valence-electron chi connectivity index (χ4n) is 1.13. The number of hydrogen-bond acceptors (Lipinski definition) is 3. The summed E-state index contributed by atoms with van der Waals surface area (Å²) in [6, 6.07) is 3.53. The van der Waals surface area contributed by atoms with Gasteiger partial charge in [0.1, 0.15) is 5.82 Å². The van der Waals surface area contributed by atoms with Gasteiger partial charge in [0, 0.05) is 5.56 Å². The van der Waals surface area contributed by atoms with Crippen LogP contribution < -0.4 is 10.9 Å². The Morgan fingerprint density at radius 1 is 1.38 bits per heavy atom. The highest BCUT2D eigenvalue weighted by Crippen LogP contribution is 2.15. The second-order valence-electron chi connectivity index (χ2n) is 3.21. The number of halogens is 1. The zero-order chi connectivity index (χ0) is 12.2. The maximum Gasteiger partial charge on any atom is 0.238 e. The summed E-state index contributed by atoms with van der Waals surface area (Å²) in [5, 5.41) is 4.87. The van der Waals surface area contributed by atoms with Crippen LogP contribution in [0.1, 0.15) is 12.0 Å². The maximum absolute atomic E-state index is 13.4. The average Bonchev–Trinajstić information content (AvgIpc) is 2.19. The second kappa shape index (κ2) is 5.20. The Morgan fingerprint density at radius 3 is 2.56 bits per heavy atom. The summed E-state index contributed by atoms with van der Waals surface area (Å²) in [7, 11) is -3.85. The van der Waals surface area contributed by atoms with Crippen LogP contribution in [0.2, 0.25) is 0 Å². The first-order valence-corrected chi connectivity index (χ1v) is 6.19. The average molecular weight is 244 g/mol. The van der Waals surface area contributed by atoms with Gasteiger partial charge < -0.3 is 5.73 Å². The molecule has 0 radical (unpaired) electrons. The molecule has 0 saturated heterocycles. The van der Waals surface area contributed by atoms with Gasteiger partial charge in [0.15, 0.2) is 0 Å². The first kappa shape index (κ1) is 12.8. The summed E-state index contributed by atoms with van der Waals surface area (Å²) in [6.45, 7) is 0.480. The summed E-state index contributed by atoms with van der Waals surface area (Å²) in [4.78, 5) is -0.235. The van der Waals surface area contributed by atoms with Crippen LogP contribution >= 0.6 is 0 Å². The van der Waals surface area contributed by atoms with Gasteiger partial charge in [0.25, 0.3) is 0 Å². The van der Waals surface area contributed by atoms with Gasteiger partial charge >= 0.3 is 0 Å². The van der Waals surface area contributed by atoms with E-state index in [4.69, 9.17) is 10.9 Å². The smallest absolute Gasteiger partial charge is 0.238 e. The summed E-state index contributed by atoms with van der Waals surface area (Å²) < 4.78 is 35.3. The van der Waals surface area contributed by atoms with Crippen molar-refractivity contribution in [2.45, 2.75) is 11.3 Å². The third-order valence-electron chi connectivity index (χ3n) is 1.93. The zero-order valence-electron chi connectivity index (χ0n) is 8.56. The van der Waals surface area contributed by atoms with Crippen LogP contribution in [0.3, 0.4) is 0 Å². The van der Waals surface area contributed by atoms with Crippen molar-refractivity contribution in [2.24, 2.45) is 10.9 Å². The SMILES string of the molecule is NCCC=Cc1ccc(S(N)(=O)=O)cc1F. The van der Waals surface area contributed by atoms with Gasteiger partial charge in [-0.1, -0.05) is 18.2 Å². The van der Waals surface area contributed by atoms with Crippen LogP contribution in [0.15, 0.2) is 29.2 Å². The van der Waals surface area contributed by atoms with E-state index in [-0.39, 0.29) is 4.90 Å². The molecule has 0 bridgehead atoms. The van der Waals surface area contributed by atoms with Gasteiger partial charge in [-0.2, -0.15) is 0 Å². The van der Waals surface area contributed by atoms with E-state index in [1.165, 1.54) is 12.1 Å². The molecule has 1 aromatic rings. The van der Waals surface area contributed by atoms with E-state index in [1.807, 2.05) is 0 Å². The number of nitrogens with two attached hydrogens (primary N) is 2. The first-order valence-electron chi connectivity index (χ1n) is 4.64. The van der Waals surface area contributed by atoms with Gasteiger partial charge in [0.05, 0.1) is 4.90 Å². The largest absolute Gasteiger partial charge is 0.330 e. The molecule has 6 heteroatoms. The molecule has 0 heterocycles. The first-order chi connectivity index (χ1) is 7.45. The van der Waals surface area contributed by atoms with E-state index in [9.17, 15) is 12.8 Å². The Labute approximate surface area is 93.8 Å². The number of hydrogen-bond donors (Lipinski definition) is 2. The van der Waals surface area contributed by atoms with E-state index in [2.05, 4.69) is 0 Å². The lowest BCUT2D eigenvalue weighted by atomic mass is 10.2. The van der Waals surface area contributed by atoms with Crippen molar-refractivity contribution < 1.29 is 12.8 Å². The molecule has 0 unspecified atom stereocenters. The normalized spacial score (nSPS) is 12.2. The minimum absolute atomic E-state index is 0.235. The molecule has 0 atom stereocenters. The van der Waals surface area contributed by atoms with Crippen LogP contribution in [0.25, 0.3) is 6.08 Å². The van der Waals surface area contributed by atoms with Crippen molar-refractivity contribution in [3.63, 3.8) is 0 Å². The van der Waals surface area contributed by atoms with Crippen molar-refractivity contribution in [3.8, 4) is 0 Å². The van der Waals surface area contributed by atoms with Crippen LogP contribution in [0.4, 0.5) is 4.39 Å². The van der Waals surface area contributed by atoms with Gasteiger partial charge in [0.2, 0.25) is 10.0 Å². The number of sulfonamides is 1. The summed E-state index contributed by atoms with van der Waals surface area (Å²) in [6.07, 6.45) is 3.90.